The van der Waals surface area contributed by atoms with Crippen molar-refractivity contribution in [1.29, 1.82) is 0 Å². The van der Waals surface area contributed by atoms with Crippen LogP contribution in [0.25, 0.3) is 0 Å². The molecule has 5 nitrogen and oxygen atoms in total. The van der Waals surface area contributed by atoms with Gasteiger partial charge in [-0.1, -0.05) is 0 Å². The molecule has 1 aliphatic carbocycles. The number of methoxy groups -OCH3 is 1. The molecule has 1 unspecified atom stereocenters. The standard InChI is InChI=1S/C15H23N3O2/c1-17-13(5-6-16-17)3-4-15(19)18-9-11-7-14(20-2)8-12(11)10-18/h5-6,11-12,14H,3-4,7-10H2,1-2H3/t11-,12+,14?. The summed E-state index contributed by atoms with van der Waals surface area (Å²) in [5.41, 5.74) is 1.12. The van der Waals surface area contributed by atoms with Crippen LogP contribution >= 0.6 is 0 Å². The third kappa shape index (κ3) is 2.59. The molecular formula is C15H23N3O2. The highest BCUT2D eigenvalue weighted by Crippen LogP contribution is 2.39. The van der Waals surface area contributed by atoms with Gasteiger partial charge in [0.05, 0.1) is 6.10 Å². The smallest absolute Gasteiger partial charge is 0.222 e. The summed E-state index contributed by atoms with van der Waals surface area (Å²) in [4.78, 5) is 14.4. The Labute approximate surface area is 119 Å². The maximum atomic E-state index is 12.3. The van der Waals surface area contributed by atoms with Gasteiger partial charge in [0.25, 0.3) is 0 Å². The number of likely N-dealkylation sites (tertiary alicyclic amines) is 1. The molecule has 1 saturated heterocycles. The van der Waals surface area contributed by atoms with Crippen molar-refractivity contribution in [3.05, 3.63) is 18.0 Å². The topological polar surface area (TPSA) is 47.4 Å². The molecule has 3 atom stereocenters. The van der Waals surface area contributed by atoms with E-state index in [9.17, 15) is 4.79 Å². The zero-order chi connectivity index (χ0) is 14.1. The summed E-state index contributed by atoms with van der Waals surface area (Å²) in [6.45, 7) is 1.85. The van der Waals surface area contributed by atoms with Gasteiger partial charge in [0.15, 0.2) is 0 Å². The predicted molar refractivity (Wildman–Crippen MR) is 75.1 cm³/mol. The fraction of sp³-hybridized carbons (Fsp3) is 0.733. The van der Waals surface area contributed by atoms with Gasteiger partial charge in [-0.15, -0.1) is 0 Å². The van der Waals surface area contributed by atoms with Crippen molar-refractivity contribution in [2.24, 2.45) is 18.9 Å². The van der Waals surface area contributed by atoms with Gasteiger partial charge in [-0.25, -0.2) is 0 Å². The average molecular weight is 277 g/mol. The summed E-state index contributed by atoms with van der Waals surface area (Å²) in [7, 11) is 3.72. The highest BCUT2D eigenvalue weighted by molar-refractivity contribution is 5.76. The van der Waals surface area contributed by atoms with Crippen molar-refractivity contribution in [2.45, 2.75) is 31.8 Å². The van der Waals surface area contributed by atoms with E-state index in [0.717, 1.165) is 38.0 Å². The van der Waals surface area contributed by atoms with Crippen LogP contribution in [0.3, 0.4) is 0 Å². The van der Waals surface area contributed by atoms with Crippen molar-refractivity contribution < 1.29 is 9.53 Å². The van der Waals surface area contributed by atoms with E-state index in [4.69, 9.17) is 4.74 Å². The first-order chi connectivity index (χ1) is 9.67. The Morgan fingerprint density at radius 1 is 1.40 bits per heavy atom. The summed E-state index contributed by atoms with van der Waals surface area (Å²) >= 11 is 0. The summed E-state index contributed by atoms with van der Waals surface area (Å²) in [6, 6.07) is 1.98. The Bertz CT molecular complexity index is 471. The Balaban J connectivity index is 1.49. The molecular weight excluding hydrogens is 254 g/mol. The second-order valence-electron chi connectivity index (χ2n) is 6.09. The minimum absolute atomic E-state index is 0.287. The molecule has 20 heavy (non-hydrogen) atoms. The Hall–Kier alpha value is -1.36. The zero-order valence-electron chi connectivity index (χ0n) is 12.3. The molecule has 2 fully saturated rings. The van der Waals surface area contributed by atoms with E-state index >= 15 is 0 Å². The van der Waals surface area contributed by atoms with E-state index in [2.05, 4.69) is 10.00 Å². The number of nitrogens with zero attached hydrogens (tertiary/aromatic N) is 3. The van der Waals surface area contributed by atoms with E-state index in [-0.39, 0.29) is 5.91 Å². The Kier molecular flexibility index (Phi) is 3.78. The lowest BCUT2D eigenvalue weighted by atomic mass is 10.0. The maximum Gasteiger partial charge on any atom is 0.222 e. The van der Waals surface area contributed by atoms with Crippen LogP contribution in [0.2, 0.25) is 0 Å². The monoisotopic (exact) mass is 277 g/mol. The molecule has 1 amide bonds. The Morgan fingerprint density at radius 3 is 2.65 bits per heavy atom. The predicted octanol–water partition coefficient (Wildman–Crippen LogP) is 1.24. The van der Waals surface area contributed by atoms with E-state index in [1.54, 1.807) is 13.3 Å². The quantitative estimate of drug-likeness (QED) is 0.832. The number of carbonyl (C=O) groups is 1. The lowest BCUT2D eigenvalue weighted by Crippen LogP contribution is -2.30. The number of aryl methyl sites for hydroxylation is 2. The molecule has 0 N–H and O–H groups in total. The van der Waals surface area contributed by atoms with Crippen molar-refractivity contribution in [2.75, 3.05) is 20.2 Å². The number of hydrogen-bond donors (Lipinski definition) is 0. The number of carbonyl (C=O) groups excluding carboxylic acids is 1. The van der Waals surface area contributed by atoms with E-state index in [1.807, 2.05) is 17.8 Å². The van der Waals surface area contributed by atoms with Gasteiger partial charge in [-0.2, -0.15) is 5.10 Å². The normalized spacial score (nSPS) is 28.9. The van der Waals surface area contributed by atoms with Crippen LogP contribution in [0.15, 0.2) is 12.3 Å². The first-order valence-electron chi connectivity index (χ1n) is 7.45. The number of hydrogen-bond acceptors (Lipinski definition) is 3. The molecule has 0 bridgehead atoms. The van der Waals surface area contributed by atoms with Gasteiger partial charge in [0.2, 0.25) is 5.91 Å². The molecule has 0 spiro atoms. The van der Waals surface area contributed by atoms with Gasteiger partial charge in [0, 0.05) is 45.6 Å². The molecule has 1 aromatic heterocycles. The molecule has 2 aliphatic rings. The molecule has 3 rings (SSSR count). The number of amides is 1. The fourth-order valence-electron chi connectivity index (χ4n) is 3.68. The van der Waals surface area contributed by atoms with Gasteiger partial charge in [0.1, 0.15) is 0 Å². The lowest BCUT2D eigenvalue weighted by molar-refractivity contribution is -0.130. The molecule has 0 radical (unpaired) electrons. The van der Waals surface area contributed by atoms with Crippen LogP contribution in [0, 0.1) is 11.8 Å². The minimum Gasteiger partial charge on any atom is -0.381 e. The second-order valence-corrected chi connectivity index (χ2v) is 6.09. The lowest BCUT2D eigenvalue weighted by Gasteiger charge is -2.19. The molecule has 110 valence electrons. The molecule has 1 aromatic rings. The van der Waals surface area contributed by atoms with Gasteiger partial charge >= 0.3 is 0 Å². The van der Waals surface area contributed by atoms with E-state index in [1.165, 1.54) is 0 Å². The van der Waals surface area contributed by atoms with Crippen LogP contribution < -0.4 is 0 Å². The van der Waals surface area contributed by atoms with Gasteiger partial charge < -0.3 is 9.64 Å². The highest BCUT2D eigenvalue weighted by Gasteiger charge is 2.42. The van der Waals surface area contributed by atoms with Crippen LogP contribution in [0.5, 0.6) is 0 Å². The van der Waals surface area contributed by atoms with Crippen molar-refractivity contribution in [1.82, 2.24) is 14.7 Å². The number of aromatic nitrogens is 2. The number of fused-ring (bicyclic) bond motifs is 1. The van der Waals surface area contributed by atoms with Crippen LogP contribution in [0.4, 0.5) is 0 Å². The van der Waals surface area contributed by atoms with Crippen LogP contribution in [-0.2, 0) is 23.0 Å². The first-order valence-corrected chi connectivity index (χ1v) is 7.45. The molecule has 0 aromatic carbocycles. The molecule has 2 heterocycles. The molecule has 1 saturated carbocycles. The van der Waals surface area contributed by atoms with E-state index < -0.39 is 0 Å². The first kappa shape index (κ1) is 13.6. The average Bonchev–Trinajstić information content (AvgIpc) is 3.09. The zero-order valence-corrected chi connectivity index (χ0v) is 12.3. The van der Waals surface area contributed by atoms with Crippen LogP contribution in [0.1, 0.15) is 25.0 Å². The number of ether oxygens (including phenoxy) is 1. The summed E-state index contributed by atoms with van der Waals surface area (Å²) < 4.78 is 7.28. The SMILES string of the molecule is COC1C[C@@H]2CN(C(=O)CCc3ccnn3C)C[C@@H]2C1. The second kappa shape index (κ2) is 5.56. The van der Waals surface area contributed by atoms with Crippen molar-refractivity contribution >= 4 is 5.91 Å². The largest absolute Gasteiger partial charge is 0.381 e. The molecule has 5 heteroatoms. The molecule has 1 aliphatic heterocycles. The Morgan fingerprint density at radius 2 is 2.10 bits per heavy atom. The number of rotatable bonds is 4. The van der Waals surface area contributed by atoms with E-state index in [0.29, 0.717) is 24.4 Å². The summed E-state index contributed by atoms with van der Waals surface area (Å²) in [6.07, 6.45) is 5.80. The van der Waals surface area contributed by atoms with Gasteiger partial charge in [-0.3, -0.25) is 9.48 Å². The highest BCUT2D eigenvalue weighted by atomic mass is 16.5. The third-order valence-corrected chi connectivity index (χ3v) is 4.91. The van der Waals surface area contributed by atoms with Gasteiger partial charge in [-0.05, 0) is 37.2 Å². The fourth-order valence-corrected chi connectivity index (χ4v) is 3.68. The van der Waals surface area contributed by atoms with Crippen molar-refractivity contribution in [3.63, 3.8) is 0 Å². The van der Waals surface area contributed by atoms with Crippen LogP contribution in [-0.4, -0.2) is 46.9 Å². The maximum absolute atomic E-state index is 12.3. The van der Waals surface area contributed by atoms with Crippen molar-refractivity contribution in [3.8, 4) is 0 Å². The summed E-state index contributed by atoms with van der Waals surface area (Å²) in [5, 5.41) is 4.13. The third-order valence-electron chi connectivity index (χ3n) is 4.91. The summed E-state index contributed by atoms with van der Waals surface area (Å²) in [5.74, 6) is 1.59. The minimum atomic E-state index is 0.287.